The maximum absolute atomic E-state index is 12.3. The van der Waals surface area contributed by atoms with Crippen LogP contribution in [0.5, 0.6) is 5.75 Å². The Balaban J connectivity index is 1.64. The number of carbonyl (C=O) groups excluding carboxylic acids is 1. The van der Waals surface area contributed by atoms with Gasteiger partial charge in [-0.2, -0.15) is 4.68 Å². The van der Waals surface area contributed by atoms with E-state index in [1.54, 1.807) is 11.8 Å². The lowest BCUT2D eigenvalue weighted by molar-refractivity contribution is -0.113. The SMILES string of the molecule is COc1ccccc1-n1nnnc1SCC(=O)Nc1ccc(C(C)(C)C)cc1. The molecule has 2 aromatic carbocycles. The highest BCUT2D eigenvalue weighted by molar-refractivity contribution is 7.99. The molecule has 0 atom stereocenters. The van der Waals surface area contributed by atoms with Crippen LogP contribution in [0.4, 0.5) is 5.69 Å². The number of nitrogens with zero attached hydrogens (tertiary/aromatic N) is 4. The Morgan fingerprint density at radius 3 is 2.54 bits per heavy atom. The summed E-state index contributed by atoms with van der Waals surface area (Å²) in [5, 5.41) is 15.2. The molecule has 1 amide bonds. The Labute approximate surface area is 168 Å². The second-order valence-electron chi connectivity index (χ2n) is 7.21. The number of nitrogens with one attached hydrogen (secondary N) is 1. The minimum absolute atomic E-state index is 0.0773. The molecule has 0 bridgehead atoms. The number of rotatable bonds is 6. The molecule has 8 heteroatoms. The fourth-order valence-corrected chi connectivity index (χ4v) is 3.29. The van der Waals surface area contributed by atoms with Gasteiger partial charge in [-0.25, -0.2) is 0 Å². The predicted octanol–water partition coefficient (Wildman–Crippen LogP) is 3.70. The molecule has 0 saturated heterocycles. The van der Waals surface area contributed by atoms with Crippen molar-refractivity contribution in [3.05, 3.63) is 54.1 Å². The molecule has 0 aliphatic heterocycles. The molecular formula is C20H23N5O2S. The molecular weight excluding hydrogens is 374 g/mol. The van der Waals surface area contributed by atoms with Crippen LogP contribution in [0.1, 0.15) is 26.3 Å². The molecule has 28 heavy (non-hydrogen) atoms. The van der Waals surface area contributed by atoms with E-state index < -0.39 is 0 Å². The third-order valence-corrected chi connectivity index (χ3v) is 5.04. The van der Waals surface area contributed by atoms with Crippen molar-refractivity contribution in [1.29, 1.82) is 0 Å². The minimum Gasteiger partial charge on any atom is -0.494 e. The zero-order valence-electron chi connectivity index (χ0n) is 16.3. The van der Waals surface area contributed by atoms with Crippen molar-refractivity contribution in [2.45, 2.75) is 31.3 Å². The van der Waals surface area contributed by atoms with Gasteiger partial charge in [0, 0.05) is 5.69 Å². The summed E-state index contributed by atoms with van der Waals surface area (Å²) >= 11 is 1.26. The average Bonchev–Trinajstić information content (AvgIpc) is 3.14. The number of anilines is 1. The first-order chi connectivity index (χ1) is 13.4. The molecule has 0 unspecified atom stereocenters. The van der Waals surface area contributed by atoms with Gasteiger partial charge in [0.15, 0.2) is 0 Å². The molecule has 0 saturated carbocycles. The number of ether oxygens (including phenoxy) is 1. The van der Waals surface area contributed by atoms with Gasteiger partial charge in [-0.1, -0.05) is 56.8 Å². The lowest BCUT2D eigenvalue weighted by Gasteiger charge is -2.19. The highest BCUT2D eigenvalue weighted by Crippen LogP contribution is 2.26. The molecule has 0 fully saturated rings. The number of para-hydroxylation sites is 2. The standard InChI is InChI=1S/C20H23N5O2S/c1-20(2,3)14-9-11-15(12-10-14)21-18(26)13-28-19-22-23-24-25(19)16-7-5-6-8-17(16)27-4/h5-12H,13H2,1-4H3,(H,21,26). The summed E-state index contributed by atoms with van der Waals surface area (Å²) in [6, 6.07) is 15.3. The second kappa shape index (κ2) is 8.43. The first-order valence-electron chi connectivity index (χ1n) is 8.83. The summed E-state index contributed by atoms with van der Waals surface area (Å²) in [6.45, 7) is 6.47. The van der Waals surface area contributed by atoms with Crippen molar-refractivity contribution < 1.29 is 9.53 Å². The monoisotopic (exact) mass is 397 g/mol. The maximum atomic E-state index is 12.3. The van der Waals surface area contributed by atoms with Crippen molar-refractivity contribution >= 4 is 23.4 Å². The van der Waals surface area contributed by atoms with Gasteiger partial charge in [0.2, 0.25) is 11.1 Å². The third kappa shape index (κ3) is 4.69. The van der Waals surface area contributed by atoms with E-state index in [-0.39, 0.29) is 17.1 Å². The number of methoxy groups -OCH3 is 1. The van der Waals surface area contributed by atoms with Crippen LogP contribution in [0.15, 0.2) is 53.7 Å². The van der Waals surface area contributed by atoms with Gasteiger partial charge in [-0.3, -0.25) is 4.79 Å². The van der Waals surface area contributed by atoms with E-state index in [2.05, 4.69) is 41.6 Å². The smallest absolute Gasteiger partial charge is 0.234 e. The van der Waals surface area contributed by atoms with Gasteiger partial charge in [0.25, 0.3) is 0 Å². The quantitative estimate of drug-likeness (QED) is 0.639. The highest BCUT2D eigenvalue weighted by Gasteiger charge is 2.15. The highest BCUT2D eigenvalue weighted by atomic mass is 32.2. The summed E-state index contributed by atoms with van der Waals surface area (Å²) in [7, 11) is 1.59. The molecule has 1 aromatic heterocycles. The largest absolute Gasteiger partial charge is 0.494 e. The molecule has 1 heterocycles. The zero-order chi connectivity index (χ0) is 20.1. The maximum Gasteiger partial charge on any atom is 0.234 e. The Bertz CT molecular complexity index is 948. The summed E-state index contributed by atoms with van der Waals surface area (Å²) < 4.78 is 6.92. The Morgan fingerprint density at radius 1 is 1.14 bits per heavy atom. The molecule has 0 spiro atoms. The Hall–Kier alpha value is -2.87. The number of amides is 1. The molecule has 0 aliphatic rings. The van der Waals surface area contributed by atoms with Crippen molar-refractivity contribution in [3.8, 4) is 11.4 Å². The van der Waals surface area contributed by atoms with Crippen LogP contribution in [0.25, 0.3) is 5.69 Å². The van der Waals surface area contributed by atoms with Crippen LogP contribution in [0, 0.1) is 0 Å². The van der Waals surface area contributed by atoms with E-state index in [9.17, 15) is 4.79 Å². The fraction of sp³-hybridized carbons (Fsp3) is 0.300. The first-order valence-corrected chi connectivity index (χ1v) is 9.82. The fourth-order valence-electron chi connectivity index (χ4n) is 2.61. The normalized spacial score (nSPS) is 11.3. The van der Waals surface area contributed by atoms with Crippen molar-refractivity contribution in [2.24, 2.45) is 0 Å². The van der Waals surface area contributed by atoms with Crippen molar-refractivity contribution in [3.63, 3.8) is 0 Å². The minimum atomic E-state index is -0.122. The molecule has 3 aromatic rings. The summed E-state index contributed by atoms with van der Waals surface area (Å²) in [4.78, 5) is 12.3. The lowest BCUT2D eigenvalue weighted by Crippen LogP contribution is -2.15. The number of tetrazole rings is 1. The first kappa shape index (κ1) is 19.9. The second-order valence-corrected chi connectivity index (χ2v) is 8.15. The lowest BCUT2D eigenvalue weighted by atomic mass is 9.87. The summed E-state index contributed by atoms with van der Waals surface area (Å²) in [5.74, 6) is 0.722. The third-order valence-electron chi connectivity index (χ3n) is 4.12. The van der Waals surface area contributed by atoms with Crippen molar-refractivity contribution in [1.82, 2.24) is 20.2 Å². The van der Waals surface area contributed by atoms with E-state index in [1.807, 2.05) is 48.5 Å². The van der Waals surface area contributed by atoms with Crippen LogP contribution >= 0.6 is 11.8 Å². The van der Waals surface area contributed by atoms with E-state index in [0.717, 1.165) is 11.4 Å². The number of hydrogen-bond donors (Lipinski definition) is 1. The van der Waals surface area contributed by atoms with Gasteiger partial charge in [-0.05, 0) is 45.7 Å². The van der Waals surface area contributed by atoms with Crippen molar-refractivity contribution in [2.75, 3.05) is 18.2 Å². The van der Waals surface area contributed by atoms with E-state index in [0.29, 0.717) is 10.9 Å². The molecule has 0 aliphatic carbocycles. The molecule has 1 N–H and O–H groups in total. The topological polar surface area (TPSA) is 81.9 Å². The zero-order valence-corrected chi connectivity index (χ0v) is 17.2. The van der Waals surface area contributed by atoms with E-state index >= 15 is 0 Å². The van der Waals surface area contributed by atoms with Gasteiger partial charge < -0.3 is 10.1 Å². The summed E-state index contributed by atoms with van der Waals surface area (Å²) in [5.41, 5.74) is 2.78. The number of benzene rings is 2. The number of carbonyl (C=O) groups is 1. The van der Waals surface area contributed by atoms with Crippen LogP contribution in [0.2, 0.25) is 0 Å². The molecule has 146 valence electrons. The van der Waals surface area contributed by atoms with Gasteiger partial charge in [0.05, 0.1) is 12.9 Å². The van der Waals surface area contributed by atoms with Gasteiger partial charge >= 0.3 is 0 Å². The summed E-state index contributed by atoms with van der Waals surface area (Å²) in [6.07, 6.45) is 0. The van der Waals surface area contributed by atoms with E-state index in [1.165, 1.54) is 17.3 Å². The van der Waals surface area contributed by atoms with Crippen LogP contribution < -0.4 is 10.1 Å². The molecule has 3 rings (SSSR count). The number of thioether (sulfide) groups is 1. The molecule has 7 nitrogen and oxygen atoms in total. The van der Waals surface area contributed by atoms with Crippen LogP contribution in [-0.4, -0.2) is 39.0 Å². The van der Waals surface area contributed by atoms with E-state index in [4.69, 9.17) is 4.74 Å². The molecule has 0 radical (unpaired) electrons. The number of aromatic nitrogens is 4. The van der Waals surface area contributed by atoms with Gasteiger partial charge in [-0.15, -0.1) is 5.10 Å². The number of hydrogen-bond acceptors (Lipinski definition) is 6. The predicted molar refractivity (Wildman–Crippen MR) is 110 cm³/mol. The van der Waals surface area contributed by atoms with Crippen LogP contribution in [-0.2, 0) is 10.2 Å². The average molecular weight is 398 g/mol. The van der Waals surface area contributed by atoms with Gasteiger partial charge in [0.1, 0.15) is 11.4 Å². The Morgan fingerprint density at radius 2 is 1.86 bits per heavy atom. The Kier molecular flexibility index (Phi) is 5.99. The van der Waals surface area contributed by atoms with Crippen LogP contribution in [0.3, 0.4) is 0 Å².